The van der Waals surface area contributed by atoms with E-state index in [4.69, 9.17) is 4.98 Å². The van der Waals surface area contributed by atoms with Crippen LogP contribution in [-0.2, 0) is 6.54 Å². The van der Waals surface area contributed by atoms with Gasteiger partial charge in [0.1, 0.15) is 10.7 Å². The first-order valence-electron chi connectivity index (χ1n) is 10.9. The molecule has 1 aliphatic heterocycles. The highest BCUT2D eigenvalue weighted by Crippen LogP contribution is 2.26. The van der Waals surface area contributed by atoms with E-state index >= 15 is 0 Å². The van der Waals surface area contributed by atoms with Crippen molar-refractivity contribution in [2.45, 2.75) is 6.54 Å². The van der Waals surface area contributed by atoms with E-state index < -0.39 is 4.92 Å². The van der Waals surface area contributed by atoms with Gasteiger partial charge in [-0.3, -0.25) is 19.8 Å². The first kappa shape index (κ1) is 21.9. The monoisotopic (exact) mass is 474 g/mol. The SMILES string of the molecule is O=C(c1ccc(-n2ccnc2)c([N+](=O)[O-])c1)N1CCN(Cc2csc(-c3ccccc3)n2)CC1. The van der Waals surface area contributed by atoms with Crippen molar-refractivity contribution in [1.82, 2.24) is 24.3 Å². The second kappa shape index (κ2) is 9.54. The van der Waals surface area contributed by atoms with E-state index in [2.05, 4.69) is 27.4 Å². The van der Waals surface area contributed by atoms with Crippen LogP contribution in [0.3, 0.4) is 0 Å². The van der Waals surface area contributed by atoms with Gasteiger partial charge in [0.05, 0.1) is 16.9 Å². The fourth-order valence-corrected chi connectivity index (χ4v) is 4.85. The maximum absolute atomic E-state index is 13.1. The minimum Gasteiger partial charge on any atom is -0.336 e. The molecule has 3 heterocycles. The molecule has 10 heteroatoms. The van der Waals surface area contributed by atoms with Gasteiger partial charge in [0.25, 0.3) is 11.6 Å². The fourth-order valence-electron chi connectivity index (χ4n) is 4.04. The van der Waals surface area contributed by atoms with Crippen LogP contribution in [0.5, 0.6) is 0 Å². The Morgan fingerprint density at radius 3 is 2.59 bits per heavy atom. The molecule has 1 amide bonds. The molecule has 1 fully saturated rings. The molecule has 0 saturated carbocycles. The number of thiazole rings is 1. The summed E-state index contributed by atoms with van der Waals surface area (Å²) >= 11 is 1.63. The third kappa shape index (κ3) is 4.59. The number of nitrogens with zero attached hydrogens (tertiary/aromatic N) is 6. The van der Waals surface area contributed by atoms with Crippen LogP contribution in [-0.4, -0.2) is 61.3 Å². The third-order valence-electron chi connectivity index (χ3n) is 5.82. The van der Waals surface area contributed by atoms with Gasteiger partial charge in [-0.15, -0.1) is 11.3 Å². The average Bonchev–Trinajstić information content (AvgIpc) is 3.57. The largest absolute Gasteiger partial charge is 0.336 e. The molecule has 0 unspecified atom stereocenters. The predicted octanol–water partition coefficient (Wildman–Crippen LogP) is 3.86. The van der Waals surface area contributed by atoms with E-state index in [1.54, 1.807) is 45.3 Å². The maximum atomic E-state index is 13.1. The Hall–Kier alpha value is -3.89. The minimum atomic E-state index is -0.471. The Morgan fingerprint density at radius 1 is 1.09 bits per heavy atom. The third-order valence-corrected chi connectivity index (χ3v) is 6.76. The quantitative estimate of drug-likeness (QED) is 0.311. The fraction of sp³-hybridized carbons (Fsp3) is 0.208. The second-order valence-corrected chi connectivity index (χ2v) is 8.87. The number of nitro benzene ring substituents is 1. The van der Waals surface area contributed by atoms with Crippen molar-refractivity contribution in [3.8, 4) is 16.3 Å². The highest BCUT2D eigenvalue weighted by molar-refractivity contribution is 7.13. The number of piperazine rings is 1. The second-order valence-electron chi connectivity index (χ2n) is 8.01. The van der Waals surface area contributed by atoms with Crippen molar-refractivity contribution in [2.24, 2.45) is 0 Å². The number of hydrogen-bond acceptors (Lipinski definition) is 7. The van der Waals surface area contributed by atoms with Gasteiger partial charge < -0.3 is 9.47 Å². The van der Waals surface area contributed by atoms with Crippen molar-refractivity contribution in [3.05, 3.63) is 94.0 Å². The lowest BCUT2D eigenvalue weighted by atomic mass is 10.1. The Bertz CT molecular complexity index is 1300. The lowest BCUT2D eigenvalue weighted by Crippen LogP contribution is -2.48. The summed E-state index contributed by atoms with van der Waals surface area (Å²) in [6.45, 7) is 3.30. The first-order valence-corrected chi connectivity index (χ1v) is 11.7. The van der Waals surface area contributed by atoms with Gasteiger partial charge in [-0.05, 0) is 12.1 Å². The van der Waals surface area contributed by atoms with Gasteiger partial charge in [0.2, 0.25) is 0 Å². The molecule has 9 nitrogen and oxygen atoms in total. The van der Waals surface area contributed by atoms with E-state index in [0.29, 0.717) is 24.3 Å². The summed E-state index contributed by atoms with van der Waals surface area (Å²) in [4.78, 5) is 36.9. The van der Waals surface area contributed by atoms with Crippen LogP contribution in [0.25, 0.3) is 16.3 Å². The molecule has 172 valence electrons. The molecule has 0 N–H and O–H groups in total. The molecule has 4 aromatic rings. The lowest BCUT2D eigenvalue weighted by molar-refractivity contribution is -0.384. The Balaban J connectivity index is 1.22. The standard InChI is InChI=1S/C24H22N6O3S/c31-24(19-6-7-21(22(14-19)30(32)33)29-9-8-25-17-29)28-12-10-27(11-13-28)15-20-16-34-23(26-20)18-4-2-1-3-5-18/h1-9,14,16-17H,10-13,15H2. The maximum Gasteiger partial charge on any atom is 0.294 e. The molecule has 2 aromatic heterocycles. The van der Waals surface area contributed by atoms with Crippen LogP contribution in [0.1, 0.15) is 16.1 Å². The summed E-state index contributed by atoms with van der Waals surface area (Å²) in [6, 6.07) is 14.7. The summed E-state index contributed by atoms with van der Waals surface area (Å²) in [6.07, 6.45) is 4.68. The molecule has 0 radical (unpaired) electrons. The number of imidazole rings is 1. The van der Waals surface area contributed by atoms with Gasteiger partial charge >= 0.3 is 0 Å². The van der Waals surface area contributed by atoms with Crippen LogP contribution < -0.4 is 0 Å². The van der Waals surface area contributed by atoms with Crippen molar-refractivity contribution in [2.75, 3.05) is 26.2 Å². The zero-order valence-electron chi connectivity index (χ0n) is 18.3. The number of hydrogen-bond donors (Lipinski definition) is 0. The van der Waals surface area contributed by atoms with Crippen molar-refractivity contribution >= 4 is 22.9 Å². The van der Waals surface area contributed by atoms with Crippen LogP contribution in [0.2, 0.25) is 0 Å². The van der Waals surface area contributed by atoms with Crippen molar-refractivity contribution < 1.29 is 9.72 Å². The summed E-state index contributed by atoms with van der Waals surface area (Å²) < 4.78 is 1.56. The van der Waals surface area contributed by atoms with Crippen LogP contribution in [0.4, 0.5) is 5.69 Å². The summed E-state index contributed by atoms with van der Waals surface area (Å²) in [5, 5.41) is 14.7. The van der Waals surface area contributed by atoms with Gasteiger partial charge in [-0.1, -0.05) is 30.3 Å². The van der Waals surface area contributed by atoms with Gasteiger partial charge in [0, 0.05) is 67.7 Å². The molecule has 0 spiro atoms. The van der Waals surface area contributed by atoms with Crippen LogP contribution >= 0.6 is 11.3 Å². The Morgan fingerprint density at radius 2 is 1.88 bits per heavy atom. The van der Waals surface area contributed by atoms with Crippen LogP contribution in [0.15, 0.2) is 72.6 Å². The number of carbonyl (C=O) groups is 1. The molecule has 0 bridgehead atoms. The topological polar surface area (TPSA) is 97.4 Å². The zero-order chi connectivity index (χ0) is 23.5. The number of nitro groups is 1. The molecule has 2 aromatic carbocycles. The summed E-state index contributed by atoms with van der Waals surface area (Å²) in [5.41, 5.74) is 2.70. The molecule has 34 heavy (non-hydrogen) atoms. The Labute approximate surface area is 200 Å². The van der Waals surface area contributed by atoms with E-state index in [9.17, 15) is 14.9 Å². The van der Waals surface area contributed by atoms with Gasteiger partial charge in [0.15, 0.2) is 0 Å². The molecular formula is C24H22N6O3S. The van der Waals surface area contributed by atoms with E-state index in [0.717, 1.165) is 35.9 Å². The molecule has 0 atom stereocenters. The van der Waals surface area contributed by atoms with E-state index in [1.807, 2.05) is 18.2 Å². The number of benzene rings is 2. The highest BCUT2D eigenvalue weighted by Gasteiger charge is 2.25. The summed E-state index contributed by atoms with van der Waals surface area (Å²) in [5.74, 6) is -0.194. The lowest BCUT2D eigenvalue weighted by Gasteiger charge is -2.34. The number of rotatable bonds is 6. The van der Waals surface area contributed by atoms with Gasteiger partial charge in [-0.2, -0.15) is 0 Å². The highest BCUT2D eigenvalue weighted by atomic mass is 32.1. The average molecular weight is 475 g/mol. The molecule has 5 rings (SSSR count). The predicted molar refractivity (Wildman–Crippen MR) is 129 cm³/mol. The molecule has 0 aliphatic carbocycles. The van der Waals surface area contributed by atoms with Gasteiger partial charge in [-0.25, -0.2) is 9.97 Å². The van der Waals surface area contributed by atoms with Crippen LogP contribution in [0, 0.1) is 10.1 Å². The number of aromatic nitrogens is 3. The zero-order valence-corrected chi connectivity index (χ0v) is 19.1. The molecular weight excluding hydrogens is 452 g/mol. The summed E-state index contributed by atoms with van der Waals surface area (Å²) in [7, 11) is 0. The van der Waals surface area contributed by atoms with E-state index in [-0.39, 0.29) is 11.6 Å². The van der Waals surface area contributed by atoms with Crippen molar-refractivity contribution in [3.63, 3.8) is 0 Å². The molecule has 1 saturated heterocycles. The first-order chi connectivity index (χ1) is 16.6. The Kier molecular flexibility index (Phi) is 6.15. The molecule has 1 aliphatic rings. The normalized spacial score (nSPS) is 14.3. The minimum absolute atomic E-state index is 0.125. The smallest absolute Gasteiger partial charge is 0.294 e. The number of carbonyl (C=O) groups excluding carboxylic acids is 1. The number of amides is 1. The van der Waals surface area contributed by atoms with E-state index in [1.165, 1.54) is 12.4 Å². The van der Waals surface area contributed by atoms with Crippen molar-refractivity contribution in [1.29, 1.82) is 0 Å².